The van der Waals surface area contributed by atoms with Crippen molar-refractivity contribution in [3.05, 3.63) is 0 Å². The van der Waals surface area contributed by atoms with Crippen LogP contribution in [0, 0.1) is 17.8 Å². The van der Waals surface area contributed by atoms with E-state index in [1.165, 1.54) is 0 Å². The number of hydrogen-bond acceptors (Lipinski definition) is 6. The minimum absolute atomic E-state index is 0.0612. The summed E-state index contributed by atoms with van der Waals surface area (Å²) < 4.78 is 10.8. The maximum Gasteiger partial charge on any atom is 0.308 e. The number of nitrogens with one attached hydrogen (secondary N) is 1. The number of ether oxygens (including phenoxy) is 2. The van der Waals surface area contributed by atoms with E-state index < -0.39 is 12.1 Å². The van der Waals surface area contributed by atoms with E-state index >= 15 is 0 Å². The van der Waals surface area contributed by atoms with Crippen molar-refractivity contribution in [1.29, 1.82) is 0 Å². The van der Waals surface area contributed by atoms with Crippen LogP contribution >= 0.6 is 0 Å². The molecule has 8 heteroatoms. The van der Waals surface area contributed by atoms with Gasteiger partial charge in [0.25, 0.3) is 0 Å². The molecule has 0 aliphatic rings. The van der Waals surface area contributed by atoms with Gasteiger partial charge < -0.3 is 19.7 Å². The monoisotopic (exact) mass is 457 g/mol. The van der Waals surface area contributed by atoms with E-state index in [0.717, 1.165) is 6.42 Å². The zero-order valence-electron chi connectivity index (χ0n) is 22.1. The molecule has 5 atom stereocenters. The fourth-order valence-corrected chi connectivity index (χ4v) is 4.22. The first-order valence-corrected chi connectivity index (χ1v) is 11.8. The van der Waals surface area contributed by atoms with Gasteiger partial charge in [0.15, 0.2) is 0 Å². The number of rotatable bonds is 14. The van der Waals surface area contributed by atoms with Gasteiger partial charge in [0.2, 0.25) is 11.8 Å². The molecule has 0 radical (unpaired) electrons. The first-order valence-electron chi connectivity index (χ1n) is 11.8. The molecule has 0 spiro atoms. The Hall–Kier alpha value is -1.67. The van der Waals surface area contributed by atoms with Crippen molar-refractivity contribution >= 4 is 17.8 Å². The molecule has 0 aromatic rings. The van der Waals surface area contributed by atoms with Gasteiger partial charge in [-0.2, -0.15) is 0 Å². The summed E-state index contributed by atoms with van der Waals surface area (Å²) in [5, 5.41) is 2.99. The van der Waals surface area contributed by atoms with E-state index in [1.54, 1.807) is 26.0 Å². The first kappa shape index (κ1) is 30.3. The molecule has 0 rings (SSSR count). The molecular weight excluding hydrogens is 410 g/mol. The number of carbonyl (C=O) groups is 3. The largest absolute Gasteiger partial charge is 0.466 e. The van der Waals surface area contributed by atoms with E-state index in [9.17, 15) is 14.4 Å². The molecule has 188 valence electrons. The second-order valence-electron chi connectivity index (χ2n) is 9.49. The summed E-state index contributed by atoms with van der Waals surface area (Å²) in [6.07, 6.45) is 0.359. The average Bonchev–Trinajstić information content (AvgIpc) is 2.69. The van der Waals surface area contributed by atoms with Crippen LogP contribution in [0.2, 0.25) is 0 Å². The van der Waals surface area contributed by atoms with E-state index in [0.29, 0.717) is 6.61 Å². The van der Waals surface area contributed by atoms with Crippen LogP contribution in [0.4, 0.5) is 0 Å². The van der Waals surface area contributed by atoms with Crippen molar-refractivity contribution in [2.75, 3.05) is 34.9 Å². The van der Waals surface area contributed by atoms with Crippen molar-refractivity contribution in [1.82, 2.24) is 15.1 Å². The molecule has 0 aromatic carbocycles. The standard InChI is InChI=1S/C24H47N3O5/c1-12-17(7)22(18(31-11)14-19(28)32-13-2)27(10)24(30)20(15(3)4)25-23(29)21(16(5)6)26(8)9/h15-18,20-22H,12-14H2,1-11H3,(H,25,29)/t17-,18+,20-,21-,22-/m0/s1. The van der Waals surface area contributed by atoms with E-state index in [-0.39, 0.29) is 54.0 Å². The smallest absolute Gasteiger partial charge is 0.308 e. The summed E-state index contributed by atoms with van der Waals surface area (Å²) in [6.45, 7) is 13.9. The van der Waals surface area contributed by atoms with Crippen molar-refractivity contribution in [2.24, 2.45) is 17.8 Å². The van der Waals surface area contributed by atoms with Crippen LogP contribution < -0.4 is 5.32 Å². The van der Waals surface area contributed by atoms with E-state index in [2.05, 4.69) is 5.32 Å². The third-order valence-electron chi connectivity index (χ3n) is 6.07. The fourth-order valence-electron chi connectivity index (χ4n) is 4.22. The van der Waals surface area contributed by atoms with Gasteiger partial charge in [0.05, 0.1) is 31.2 Å². The van der Waals surface area contributed by atoms with Gasteiger partial charge in [-0.3, -0.25) is 19.3 Å². The molecular formula is C24H47N3O5. The zero-order chi connectivity index (χ0) is 25.2. The Kier molecular flexibility index (Phi) is 13.7. The number of amides is 2. The van der Waals surface area contributed by atoms with Crippen molar-refractivity contribution in [3.8, 4) is 0 Å². The summed E-state index contributed by atoms with van der Waals surface area (Å²) >= 11 is 0. The highest BCUT2D eigenvalue weighted by molar-refractivity contribution is 5.90. The number of likely N-dealkylation sites (N-methyl/N-ethyl adjacent to an activating group) is 2. The molecule has 1 N–H and O–H groups in total. The lowest BCUT2D eigenvalue weighted by atomic mass is 9.90. The van der Waals surface area contributed by atoms with Gasteiger partial charge in [-0.25, -0.2) is 0 Å². The maximum atomic E-state index is 13.6. The Balaban J connectivity index is 5.84. The lowest BCUT2D eigenvalue weighted by molar-refractivity contribution is -0.151. The molecule has 0 heterocycles. The fraction of sp³-hybridized carbons (Fsp3) is 0.875. The summed E-state index contributed by atoms with van der Waals surface area (Å²) in [5.74, 6) is -0.635. The predicted molar refractivity (Wildman–Crippen MR) is 127 cm³/mol. The highest BCUT2D eigenvalue weighted by Crippen LogP contribution is 2.23. The number of methoxy groups -OCH3 is 1. The second-order valence-corrected chi connectivity index (χ2v) is 9.49. The Morgan fingerprint density at radius 3 is 1.88 bits per heavy atom. The summed E-state index contributed by atoms with van der Waals surface area (Å²) in [4.78, 5) is 42.3. The predicted octanol–water partition coefficient (Wildman–Crippen LogP) is 2.55. The molecule has 0 saturated heterocycles. The SMILES string of the molecule is CCOC(=O)C[C@@H](OC)[C@H]([C@@H](C)CC)N(C)C(=O)[C@@H](NC(=O)[C@H](C(C)C)N(C)C)C(C)C. The van der Waals surface area contributed by atoms with Gasteiger partial charge in [-0.05, 0) is 38.8 Å². The van der Waals surface area contributed by atoms with Gasteiger partial charge in [-0.1, -0.05) is 48.0 Å². The highest BCUT2D eigenvalue weighted by Gasteiger charge is 2.38. The number of carbonyl (C=O) groups excluding carboxylic acids is 3. The van der Waals surface area contributed by atoms with Crippen LogP contribution in [0.1, 0.15) is 61.3 Å². The first-order chi connectivity index (χ1) is 14.8. The molecule has 0 aliphatic heterocycles. The lowest BCUT2D eigenvalue weighted by Gasteiger charge is -2.40. The van der Waals surface area contributed by atoms with Crippen LogP contribution in [0.3, 0.4) is 0 Å². The van der Waals surface area contributed by atoms with E-state index in [1.807, 2.05) is 60.5 Å². The average molecular weight is 458 g/mol. The van der Waals surface area contributed by atoms with Gasteiger partial charge >= 0.3 is 5.97 Å². The third kappa shape index (κ3) is 8.70. The maximum absolute atomic E-state index is 13.6. The second kappa shape index (κ2) is 14.5. The third-order valence-corrected chi connectivity index (χ3v) is 6.07. The minimum Gasteiger partial charge on any atom is -0.466 e. The van der Waals surface area contributed by atoms with Crippen LogP contribution in [-0.2, 0) is 23.9 Å². The zero-order valence-corrected chi connectivity index (χ0v) is 22.1. The topological polar surface area (TPSA) is 88.2 Å². The normalized spacial score (nSPS) is 16.4. The van der Waals surface area contributed by atoms with Crippen LogP contribution in [0.15, 0.2) is 0 Å². The Morgan fingerprint density at radius 1 is 0.938 bits per heavy atom. The number of nitrogens with zero attached hydrogens (tertiary/aromatic N) is 2. The van der Waals surface area contributed by atoms with Crippen LogP contribution in [0.5, 0.6) is 0 Å². The Morgan fingerprint density at radius 2 is 1.50 bits per heavy atom. The molecule has 2 amide bonds. The quantitative estimate of drug-likeness (QED) is 0.403. The van der Waals surface area contributed by atoms with Crippen LogP contribution in [0.25, 0.3) is 0 Å². The number of hydrogen-bond donors (Lipinski definition) is 1. The molecule has 0 aliphatic carbocycles. The molecule has 0 unspecified atom stereocenters. The molecule has 32 heavy (non-hydrogen) atoms. The van der Waals surface area contributed by atoms with Crippen LogP contribution in [-0.4, -0.2) is 86.7 Å². The van der Waals surface area contributed by atoms with Gasteiger partial charge in [0.1, 0.15) is 6.04 Å². The number of esters is 1. The minimum atomic E-state index is -0.680. The Labute approximate surface area is 195 Å². The molecule has 8 nitrogen and oxygen atoms in total. The highest BCUT2D eigenvalue weighted by atomic mass is 16.5. The Bertz CT molecular complexity index is 586. The van der Waals surface area contributed by atoms with Crippen molar-refractivity contribution in [2.45, 2.75) is 85.5 Å². The lowest BCUT2D eigenvalue weighted by Crippen LogP contribution is -2.59. The van der Waals surface area contributed by atoms with Crippen molar-refractivity contribution in [3.63, 3.8) is 0 Å². The summed E-state index contributed by atoms with van der Waals surface area (Å²) in [6, 6.07) is -1.36. The van der Waals surface area contributed by atoms with Crippen molar-refractivity contribution < 1.29 is 23.9 Å². The molecule has 0 fully saturated rings. The van der Waals surface area contributed by atoms with E-state index in [4.69, 9.17) is 9.47 Å². The van der Waals surface area contributed by atoms with Gasteiger partial charge in [0, 0.05) is 14.2 Å². The van der Waals surface area contributed by atoms with Gasteiger partial charge in [-0.15, -0.1) is 0 Å². The molecule has 0 aromatic heterocycles. The summed E-state index contributed by atoms with van der Waals surface area (Å²) in [5.41, 5.74) is 0. The molecule has 0 saturated carbocycles. The molecule has 0 bridgehead atoms. The summed E-state index contributed by atoms with van der Waals surface area (Å²) in [7, 11) is 6.99.